The lowest BCUT2D eigenvalue weighted by Gasteiger charge is -2.15. The number of rotatable bonds is 51. The van der Waals surface area contributed by atoms with E-state index in [9.17, 15) is 24.2 Å². The highest BCUT2D eigenvalue weighted by atomic mass is 31.2. The summed E-state index contributed by atoms with van der Waals surface area (Å²) in [6.07, 6.45) is 56.9. The Morgan fingerprint density at radius 1 is 0.492 bits per heavy atom. The molecular formula is C53H102NO8P. The Labute approximate surface area is 389 Å². The van der Waals surface area contributed by atoms with Crippen molar-refractivity contribution in [3.8, 4) is 0 Å². The number of allylic oxidation sites excluding steroid dienone is 4. The van der Waals surface area contributed by atoms with Gasteiger partial charge in [0.05, 0.1) is 13.2 Å². The molecule has 0 aliphatic heterocycles. The topological polar surface area (TPSA) is 131 Å². The molecule has 63 heavy (non-hydrogen) atoms. The van der Waals surface area contributed by atoms with Crippen LogP contribution in [0.2, 0.25) is 0 Å². The van der Waals surface area contributed by atoms with Gasteiger partial charge in [-0.1, -0.05) is 237 Å². The summed E-state index contributed by atoms with van der Waals surface area (Å²) in [4.78, 5) is 34.1. The molecule has 2 unspecified atom stereocenters. The molecule has 0 aliphatic carbocycles. The molecule has 0 aliphatic rings. The van der Waals surface area contributed by atoms with Gasteiger partial charge in [0.1, 0.15) is 12.7 Å². The first-order valence-corrected chi connectivity index (χ1v) is 28.3. The first kappa shape index (κ1) is 61.5. The summed E-state index contributed by atoms with van der Waals surface area (Å²) < 4.78 is 27.0. The lowest BCUT2D eigenvalue weighted by atomic mass is 10.0. The number of carbonyl (C=O) groups excluding carboxylic acids is 2. The summed E-state index contributed by atoms with van der Waals surface area (Å²) in [7, 11) is -4.42. The Balaban J connectivity index is 3.51. The summed E-state index contributed by atoms with van der Waals surface area (Å²) >= 11 is 0. The number of esters is 1. The van der Waals surface area contributed by atoms with Crippen LogP contribution in [-0.4, -0.2) is 54.3 Å². The number of hydrogen-bond donors (Lipinski definition) is 3. The molecule has 372 valence electrons. The number of aliphatic hydroxyl groups is 1. The van der Waals surface area contributed by atoms with E-state index in [1.54, 1.807) is 0 Å². The minimum Gasteiger partial charge on any atom is -0.463 e. The second-order valence-electron chi connectivity index (χ2n) is 18.2. The number of amides is 1. The first-order chi connectivity index (χ1) is 30.8. The largest absolute Gasteiger partial charge is 0.472 e. The van der Waals surface area contributed by atoms with Gasteiger partial charge >= 0.3 is 13.8 Å². The normalized spacial score (nSPS) is 13.3. The van der Waals surface area contributed by atoms with E-state index >= 15 is 0 Å². The molecule has 0 aromatic rings. The van der Waals surface area contributed by atoms with Crippen molar-refractivity contribution in [2.45, 2.75) is 277 Å². The number of ether oxygens (including phenoxy) is 1. The highest BCUT2D eigenvalue weighted by Crippen LogP contribution is 2.42. The summed E-state index contributed by atoms with van der Waals surface area (Å²) in [6, 6.07) is 0. The van der Waals surface area contributed by atoms with E-state index in [1.165, 1.54) is 199 Å². The van der Waals surface area contributed by atoms with Crippen LogP contribution < -0.4 is 5.32 Å². The molecule has 0 aromatic carbocycles. The standard InChI is InChI=1S/C53H102NO8P/c1-3-5-7-9-11-13-15-17-19-21-23-25-27-29-31-33-35-37-39-41-43-45-52(56)54-47-48-61-63(58,59)62-50-51(55)49-60-53(57)46-44-42-40-38-36-34-32-30-28-26-24-22-20-18-16-14-12-10-8-6-4-2/h11,13,17,19,51,55H,3-10,12,14-16,18,20-50H2,1-2H3,(H,54,56)(H,58,59)/b13-11-,19-17-. The highest BCUT2D eigenvalue weighted by molar-refractivity contribution is 7.47. The maximum absolute atomic E-state index is 12.2. The average molecular weight is 912 g/mol. The number of aliphatic hydroxyl groups excluding tert-OH is 1. The van der Waals surface area contributed by atoms with Crippen LogP contribution in [0.5, 0.6) is 0 Å². The maximum atomic E-state index is 12.2. The number of carbonyl (C=O) groups is 2. The molecule has 0 saturated heterocycles. The molecule has 9 nitrogen and oxygen atoms in total. The Hall–Kier alpha value is -1.51. The summed E-state index contributed by atoms with van der Waals surface area (Å²) in [5, 5.41) is 12.8. The highest BCUT2D eigenvalue weighted by Gasteiger charge is 2.23. The van der Waals surface area contributed by atoms with Crippen LogP contribution in [0.25, 0.3) is 0 Å². The predicted molar refractivity (Wildman–Crippen MR) is 266 cm³/mol. The van der Waals surface area contributed by atoms with Crippen LogP contribution in [0, 0.1) is 0 Å². The number of phosphoric acid groups is 1. The second-order valence-corrected chi connectivity index (χ2v) is 19.7. The molecular weight excluding hydrogens is 810 g/mol. The molecule has 0 spiro atoms. The van der Waals surface area contributed by atoms with E-state index < -0.39 is 26.5 Å². The van der Waals surface area contributed by atoms with E-state index in [-0.39, 0.29) is 32.1 Å². The summed E-state index contributed by atoms with van der Waals surface area (Å²) in [5.41, 5.74) is 0. The first-order valence-electron chi connectivity index (χ1n) is 26.8. The van der Waals surface area contributed by atoms with Crippen LogP contribution in [-0.2, 0) is 27.9 Å². The number of unbranched alkanes of at least 4 members (excludes halogenated alkanes) is 34. The van der Waals surface area contributed by atoms with Gasteiger partial charge in [0.25, 0.3) is 0 Å². The Morgan fingerprint density at radius 2 is 0.857 bits per heavy atom. The van der Waals surface area contributed by atoms with Crippen molar-refractivity contribution < 1.29 is 37.9 Å². The molecule has 0 saturated carbocycles. The summed E-state index contributed by atoms with van der Waals surface area (Å²) in [5.74, 6) is -0.505. The van der Waals surface area contributed by atoms with Crippen molar-refractivity contribution in [3.63, 3.8) is 0 Å². The van der Waals surface area contributed by atoms with Gasteiger partial charge in [-0.2, -0.15) is 0 Å². The average Bonchev–Trinajstić information content (AvgIpc) is 3.27. The molecule has 1 amide bonds. The van der Waals surface area contributed by atoms with Crippen LogP contribution >= 0.6 is 7.82 Å². The van der Waals surface area contributed by atoms with Gasteiger partial charge in [0, 0.05) is 19.4 Å². The third kappa shape index (κ3) is 51.3. The van der Waals surface area contributed by atoms with E-state index in [2.05, 4.69) is 43.5 Å². The molecule has 0 bridgehead atoms. The zero-order valence-corrected chi connectivity index (χ0v) is 42.2. The monoisotopic (exact) mass is 912 g/mol. The smallest absolute Gasteiger partial charge is 0.463 e. The molecule has 2 atom stereocenters. The molecule has 0 radical (unpaired) electrons. The molecule has 0 fully saturated rings. The third-order valence-corrected chi connectivity index (χ3v) is 12.9. The van der Waals surface area contributed by atoms with Gasteiger partial charge in [-0.25, -0.2) is 4.57 Å². The molecule has 3 N–H and O–H groups in total. The molecule has 0 heterocycles. The lowest BCUT2D eigenvalue weighted by molar-refractivity contribution is -0.147. The minimum atomic E-state index is -4.42. The van der Waals surface area contributed by atoms with Crippen molar-refractivity contribution >= 4 is 19.7 Å². The Morgan fingerprint density at radius 3 is 1.30 bits per heavy atom. The third-order valence-electron chi connectivity index (χ3n) is 11.9. The number of nitrogens with one attached hydrogen (secondary N) is 1. The zero-order chi connectivity index (χ0) is 46.0. The minimum absolute atomic E-state index is 0.0833. The quantitative estimate of drug-likeness (QED) is 0.0238. The van der Waals surface area contributed by atoms with Crippen molar-refractivity contribution in [2.75, 3.05) is 26.4 Å². The van der Waals surface area contributed by atoms with Crippen molar-refractivity contribution in [1.82, 2.24) is 5.32 Å². The molecule has 0 aromatic heterocycles. The second kappa shape index (κ2) is 49.9. The van der Waals surface area contributed by atoms with Crippen molar-refractivity contribution in [1.29, 1.82) is 0 Å². The van der Waals surface area contributed by atoms with Gasteiger partial charge < -0.3 is 20.1 Å². The number of phosphoric ester groups is 1. The predicted octanol–water partition coefficient (Wildman–Crippen LogP) is 15.9. The summed E-state index contributed by atoms with van der Waals surface area (Å²) in [6.45, 7) is 3.59. The molecule has 10 heteroatoms. The fourth-order valence-electron chi connectivity index (χ4n) is 7.83. The van der Waals surface area contributed by atoms with Gasteiger partial charge in [0.15, 0.2) is 0 Å². The van der Waals surface area contributed by atoms with E-state index in [0.717, 1.165) is 44.9 Å². The zero-order valence-electron chi connectivity index (χ0n) is 41.3. The van der Waals surface area contributed by atoms with Crippen LogP contribution in [0.15, 0.2) is 24.3 Å². The fraction of sp³-hybridized carbons (Fsp3) is 0.887. The number of hydrogen-bond acceptors (Lipinski definition) is 7. The lowest BCUT2D eigenvalue weighted by Crippen LogP contribution is -2.27. The van der Waals surface area contributed by atoms with Gasteiger partial charge in [-0.3, -0.25) is 18.6 Å². The van der Waals surface area contributed by atoms with Gasteiger partial charge in [0.2, 0.25) is 5.91 Å². The van der Waals surface area contributed by atoms with Gasteiger partial charge in [-0.15, -0.1) is 0 Å². The van der Waals surface area contributed by atoms with E-state index in [1.807, 2.05) is 0 Å². The SMILES string of the molecule is CCCCC/C=C\C/C=C\CCCCCCCCCCCCCC(=O)NCCOP(=O)(O)OCC(O)COC(=O)CCCCCCCCCCCCCCCCCCCCCCC. The van der Waals surface area contributed by atoms with Crippen LogP contribution in [0.4, 0.5) is 0 Å². The Kier molecular flexibility index (Phi) is 48.7. The maximum Gasteiger partial charge on any atom is 0.472 e. The van der Waals surface area contributed by atoms with Crippen molar-refractivity contribution in [3.05, 3.63) is 24.3 Å². The molecule has 0 rings (SSSR count). The van der Waals surface area contributed by atoms with Crippen LogP contribution in [0.1, 0.15) is 271 Å². The Bertz CT molecular complexity index is 1090. The van der Waals surface area contributed by atoms with E-state index in [0.29, 0.717) is 6.42 Å². The van der Waals surface area contributed by atoms with Gasteiger partial charge in [-0.05, 0) is 44.9 Å². The fourth-order valence-corrected chi connectivity index (χ4v) is 8.58. The van der Waals surface area contributed by atoms with E-state index in [4.69, 9.17) is 13.8 Å². The van der Waals surface area contributed by atoms with Crippen LogP contribution in [0.3, 0.4) is 0 Å². The van der Waals surface area contributed by atoms with Crippen molar-refractivity contribution in [2.24, 2.45) is 0 Å².